The van der Waals surface area contributed by atoms with Crippen LogP contribution in [0.2, 0.25) is 0 Å². The van der Waals surface area contributed by atoms with Gasteiger partial charge in [-0.1, -0.05) is 40.0 Å². The second-order valence-corrected chi connectivity index (χ2v) is 4.79. The molecule has 0 radical (unpaired) electrons. The van der Waals surface area contributed by atoms with Crippen LogP contribution < -0.4 is 0 Å². The molecule has 0 saturated carbocycles. The van der Waals surface area contributed by atoms with Crippen molar-refractivity contribution in [2.24, 2.45) is 5.41 Å². The van der Waals surface area contributed by atoms with Gasteiger partial charge in [0.05, 0.1) is 0 Å². The van der Waals surface area contributed by atoms with Crippen LogP contribution in [0.1, 0.15) is 52.9 Å². The maximum absolute atomic E-state index is 5.57. The van der Waals surface area contributed by atoms with E-state index < -0.39 is 0 Å². The molecular formula is C10H21Cl. The Hall–Kier alpha value is 0.290. The van der Waals surface area contributed by atoms with Crippen LogP contribution >= 0.6 is 11.6 Å². The van der Waals surface area contributed by atoms with E-state index in [-0.39, 0.29) is 0 Å². The van der Waals surface area contributed by atoms with Gasteiger partial charge in [0.2, 0.25) is 0 Å². The fourth-order valence-electron chi connectivity index (χ4n) is 1.10. The Balaban J connectivity index is 3.02. The molecule has 0 aromatic rings. The molecular weight excluding hydrogens is 156 g/mol. The molecule has 68 valence electrons. The van der Waals surface area contributed by atoms with E-state index >= 15 is 0 Å². The van der Waals surface area contributed by atoms with Gasteiger partial charge in [0.1, 0.15) is 0 Å². The standard InChI is InChI=1S/C10H21Cl/c1-10(2,3)8-6-4-5-7-9-11/h4-9H2,1-3H3. The normalized spacial score (nSPS) is 12.0. The molecule has 0 unspecified atom stereocenters. The van der Waals surface area contributed by atoms with Crippen molar-refractivity contribution in [3.63, 3.8) is 0 Å². The highest BCUT2D eigenvalue weighted by atomic mass is 35.5. The number of hydrogen-bond donors (Lipinski definition) is 0. The Morgan fingerprint density at radius 3 is 1.91 bits per heavy atom. The van der Waals surface area contributed by atoms with Crippen LogP contribution in [0, 0.1) is 5.41 Å². The first-order valence-corrected chi connectivity index (χ1v) is 5.16. The molecule has 11 heavy (non-hydrogen) atoms. The average Bonchev–Trinajstić information content (AvgIpc) is 1.85. The molecule has 0 spiro atoms. The summed E-state index contributed by atoms with van der Waals surface area (Å²) in [7, 11) is 0. The van der Waals surface area contributed by atoms with Crippen molar-refractivity contribution in [1.82, 2.24) is 0 Å². The van der Waals surface area contributed by atoms with Crippen LogP contribution in [0.4, 0.5) is 0 Å². The van der Waals surface area contributed by atoms with Gasteiger partial charge in [0.15, 0.2) is 0 Å². The summed E-state index contributed by atoms with van der Waals surface area (Å²) < 4.78 is 0. The van der Waals surface area contributed by atoms with E-state index in [0.717, 1.165) is 5.88 Å². The minimum atomic E-state index is 0.515. The third-order valence-corrected chi connectivity index (χ3v) is 2.08. The number of alkyl halides is 1. The zero-order valence-electron chi connectivity index (χ0n) is 8.12. The van der Waals surface area contributed by atoms with Gasteiger partial charge in [-0.25, -0.2) is 0 Å². The van der Waals surface area contributed by atoms with Crippen molar-refractivity contribution < 1.29 is 0 Å². The molecule has 0 rings (SSSR count). The van der Waals surface area contributed by atoms with Crippen molar-refractivity contribution in [1.29, 1.82) is 0 Å². The summed E-state index contributed by atoms with van der Waals surface area (Å²) in [5.74, 6) is 0.829. The summed E-state index contributed by atoms with van der Waals surface area (Å²) >= 11 is 5.57. The Morgan fingerprint density at radius 2 is 1.45 bits per heavy atom. The summed E-state index contributed by atoms with van der Waals surface area (Å²) in [6.45, 7) is 6.90. The van der Waals surface area contributed by atoms with Crippen molar-refractivity contribution in [3.8, 4) is 0 Å². The fourth-order valence-corrected chi connectivity index (χ4v) is 1.29. The van der Waals surface area contributed by atoms with Crippen molar-refractivity contribution in [2.75, 3.05) is 5.88 Å². The molecule has 0 aliphatic rings. The highest BCUT2D eigenvalue weighted by molar-refractivity contribution is 6.17. The molecule has 0 fully saturated rings. The van der Waals surface area contributed by atoms with Crippen LogP contribution in [0.3, 0.4) is 0 Å². The summed E-state index contributed by atoms with van der Waals surface area (Å²) in [5.41, 5.74) is 0.515. The number of halogens is 1. The van der Waals surface area contributed by atoms with Gasteiger partial charge in [-0.3, -0.25) is 0 Å². The van der Waals surface area contributed by atoms with Crippen LogP contribution in [-0.4, -0.2) is 5.88 Å². The molecule has 0 aromatic carbocycles. The van der Waals surface area contributed by atoms with Gasteiger partial charge in [-0.15, -0.1) is 11.6 Å². The quantitative estimate of drug-likeness (QED) is 0.435. The number of unbranched alkanes of at least 4 members (excludes halogenated alkanes) is 3. The van der Waals surface area contributed by atoms with Crippen molar-refractivity contribution >= 4 is 11.6 Å². The lowest BCUT2D eigenvalue weighted by molar-refractivity contribution is 0.358. The monoisotopic (exact) mass is 176 g/mol. The predicted octanol–water partition coefficient (Wildman–Crippen LogP) is 4.22. The Morgan fingerprint density at radius 1 is 0.909 bits per heavy atom. The van der Waals surface area contributed by atoms with Gasteiger partial charge in [-0.2, -0.15) is 0 Å². The second kappa shape index (κ2) is 5.88. The molecule has 0 bridgehead atoms. The zero-order chi connectivity index (χ0) is 8.74. The summed E-state index contributed by atoms with van der Waals surface area (Å²) in [4.78, 5) is 0. The Kier molecular flexibility index (Phi) is 6.03. The largest absolute Gasteiger partial charge is 0.127 e. The fraction of sp³-hybridized carbons (Fsp3) is 1.00. The maximum Gasteiger partial charge on any atom is 0.0223 e. The highest BCUT2D eigenvalue weighted by Gasteiger charge is 2.08. The van der Waals surface area contributed by atoms with E-state index in [1.54, 1.807) is 0 Å². The summed E-state index contributed by atoms with van der Waals surface area (Å²) in [5, 5.41) is 0. The van der Waals surface area contributed by atoms with Crippen LogP contribution in [0.15, 0.2) is 0 Å². The van der Waals surface area contributed by atoms with Crippen LogP contribution in [0.25, 0.3) is 0 Å². The lowest BCUT2D eigenvalue weighted by Gasteiger charge is -2.17. The smallest absolute Gasteiger partial charge is 0.0223 e. The molecule has 0 aliphatic heterocycles. The first-order valence-electron chi connectivity index (χ1n) is 4.62. The SMILES string of the molecule is CC(C)(C)CCCCCCCl. The molecule has 0 nitrogen and oxygen atoms in total. The number of hydrogen-bond acceptors (Lipinski definition) is 0. The molecule has 0 atom stereocenters. The first kappa shape index (κ1) is 11.3. The topological polar surface area (TPSA) is 0 Å². The highest BCUT2D eigenvalue weighted by Crippen LogP contribution is 2.22. The lowest BCUT2D eigenvalue weighted by Crippen LogP contribution is -2.03. The first-order chi connectivity index (χ1) is 5.06. The van der Waals surface area contributed by atoms with Gasteiger partial charge < -0.3 is 0 Å². The molecule has 0 saturated heterocycles. The second-order valence-electron chi connectivity index (χ2n) is 4.41. The molecule has 0 aliphatic carbocycles. The number of rotatable bonds is 5. The summed E-state index contributed by atoms with van der Waals surface area (Å²) in [6, 6.07) is 0. The van der Waals surface area contributed by atoms with Gasteiger partial charge in [0.25, 0.3) is 0 Å². The van der Waals surface area contributed by atoms with Crippen LogP contribution in [-0.2, 0) is 0 Å². The molecule has 0 aromatic heterocycles. The van der Waals surface area contributed by atoms with Gasteiger partial charge in [-0.05, 0) is 18.3 Å². The third kappa shape index (κ3) is 10.3. The maximum atomic E-state index is 5.57. The molecule has 0 heterocycles. The Labute approximate surface area is 76.3 Å². The lowest BCUT2D eigenvalue weighted by atomic mass is 9.89. The van der Waals surface area contributed by atoms with Gasteiger partial charge in [0, 0.05) is 5.88 Å². The molecule has 0 amide bonds. The summed E-state index contributed by atoms with van der Waals surface area (Å²) in [6.07, 6.45) is 6.55. The van der Waals surface area contributed by atoms with E-state index in [9.17, 15) is 0 Å². The minimum Gasteiger partial charge on any atom is -0.127 e. The zero-order valence-corrected chi connectivity index (χ0v) is 8.88. The predicted molar refractivity (Wildman–Crippen MR) is 53.3 cm³/mol. The average molecular weight is 177 g/mol. The van der Waals surface area contributed by atoms with Crippen molar-refractivity contribution in [2.45, 2.75) is 52.9 Å². The molecule has 1 heteroatoms. The Bertz CT molecular complexity index is 81.4. The minimum absolute atomic E-state index is 0.515. The van der Waals surface area contributed by atoms with Crippen molar-refractivity contribution in [3.05, 3.63) is 0 Å². The van der Waals surface area contributed by atoms with E-state index in [2.05, 4.69) is 20.8 Å². The van der Waals surface area contributed by atoms with E-state index in [4.69, 9.17) is 11.6 Å². The molecule has 0 N–H and O–H groups in total. The van der Waals surface area contributed by atoms with E-state index in [1.807, 2.05) is 0 Å². The van der Waals surface area contributed by atoms with E-state index in [1.165, 1.54) is 32.1 Å². The van der Waals surface area contributed by atoms with E-state index in [0.29, 0.717) is 5.41 Å². The van der Waals surface area contributed by atoms with Gasteiger partial charge >= 0.3 is 0 Å². The van der Waals surface area contributed by atoms with Crippen LogP contribution in [0.5, 0.6) is 0 Å². The third-order valence-electron chi connectivity index (χ3n) is 1.81.